The van der Waals surface area contributed by atoms with Crippen molar-refractivity contribution >= 4 is 34.8 Å². The lowest BCUT2D eigenvalue weighted by molar-refractivity contribution is -0.253. The third-order valence-electron chi connectivity index (χ3n) is 12.6. The van der Waals surface area contributed by atoms with Crippen LogP contribution in [0, 0.1) is 0 Å². The predicted molar refractivity (Wildman–Crippen MR) is 245 cm³/mol. The van der Waals surface area contributed by atoms with Gasteiger partial charge in [0.25, 0.3) is 0 Å². The average molecular weight is 851 g/mol. The summed E-state index contributed by atoms with van der Waals surface area (Å²) in [5.41, 5.74) is 13.5. The second-order valence-corrected chi connectivity index (χ2v) is 16.9. The van der Waals surface area contributed by atoms with Gasteiger partial charge >= 0.3 is 0 Å². The molecule has 8 rings (SSSR count). The van der Waals surface area contributed by atoms with Crippen LogP contribution in [0.1, 0.15) is 86.0 Å². The summed E-state index contributed by atoms with van der Waals surface area (Å²) in [4.78, 5) is 42.9. The van der Waals surface area contributed by atoms with Crippen molar-refractivity contribution in [3.05, 3.63) is 150 Å². The third-order valence-corrected chi connectivity index (χ3v) is 12.6. The Morgan fingerprint density at radius 3 is 2.22 bits per heavy atom. The summed E-state index contributed by atoms with van der Waals surface area (Å²) < 4.78 is 13.4. The van der Waals surface area contributed by atoms with Crippen LogP contribution in [0.4, 0.5) is 17.1 Å². The number of amides is 3. The van der Waals surface area contributed by atoms with Gasteiger partial charge in [0.1, 0.15) is 5.54 Å². The van der Waals surface area contributed by atoms with Gasteiger partial charge < -0.3 is 46.1 Å². The minimum absolute atomic E-state index is 0.0141. The van der Waals surface area contributed by atoms with Crippen LogP contribution >= 0.6 is 0 Å². The van der Waals surface area contributed by atoms with E-state index in [0.29, 0.717) is 56.7 Å². The number of unbranched alkanes of at least 4 members (excludes halogenated alkanes) is 2. The number of nitrogens with one attached hydrogen (secondary N) is 3. The molecular formula is C51H58N6O6. The molecule has 3 fully saturated rings. The van der Waals surface area contributed by atoms with E-state index in [4.69, 9.17) is 15.2 Å². The molecule has 0 aromatic heterocycles. The highest BCUT2D eigenvalue weighted by molar-refractivity contribution is 5.94. The molecule has 0 unspecified atom stereocenters. The summed E-state index contributed by atoms with van der Waals surface area (Å²) in [6.07, 6.45) is 4.21. The number of ether oxygens (including phenoxy) is 2. The minimum Gasteiger partial charge on any atom is -0.397 e. The zero-order valence-corrected chi connectivity index (χ0v) is 35.7. The van der Waals surface area contributed by atoms with Gasteiger partial charge in [-0.25, -0.2) is 0 Å². The van der Waals surface area contributed by atoms with Gasteiger partial charge in [-0.1, -0.05) is 103 Å². The molecule has 5 aromatic carbocycles. The zero-order valence-electron chi connectivity index (χ0n) is 35.7. The fourth-order valence-electron chi connectivity index (χ4n) is 9.01. The molecule has 3 heterocycles. The Hall–Kier alpha value is -6.05. The van der Waals surface area contributed by atoms with Crippen LogP contribution in [0.3, 0.4) is 0 Å². The largest absolute Gasteiger partial charge is 0.397 e. The number of nitrogen functional groups attached to an aromatic ring is 1. The van der Waals surface area contributed by atoms with Crippen molar-refractivity contribution in [2.24, 2.45) is 0 Å². The number of aliphatic hydroxyl groups excluding tert-OH is 1. The van der Waals surface area contributed by atoms with Gasteiger partial charge in [0.05, 0.1) is 36.9 Å². The number of rotatable bonds is 16. The van der Waals surface area contributed by atoms with E-state index in [9.17, 15) is 19.5 Å². The van der Waals surface area contributed by atoms with Crippen LogP contribution in [0.2, 0.25) is 0 Å². The molecule has 0 saturated carbocycles. The number of piperidine rings is 1. The Morgan fingerprint density at radius 1 is 0.762 bits per heavy atom. The van der Waals surface area contributed by atoms with E-state index in [1.165, 1.54) is 0 Å². The van der Waals surface area contributed by atoms with Crippen molar-refractivity contribution in [1.29, 1.82) is 0 Å². The van der Waals surface area contributed by atoms with Crippen LogP contribution in [0.5, 0.6) is 0 Å². The van der Waals surface area contributed by atoms with Crippen molar-refractivity contribution < 1.29 is 29.0 Å². The normalized spacial score (nSPS) is 19.7. The number of hydrogen-bond acceptors (Lipinski definition) is 9. The third kappa shape index (κ3) is 10.8. The Balaban J connectivity index is 0.851. The molecule has 3 aliphatic heterocycles. The van der Waals surface area contributed by atoms with Gasteiger partial charge in [0, 0.05) is 56.7 Å². The second-order valence-electron chi connectivity index (χ2n) is 16.9. The van der Waals surface area contributed by atoms with Crippen molar-refractivity contribution in [1.82, 2.24) is 15.5 Å². The van der Waals surface area contributed by atoms with Crippen molar-refractivity contribution in [3.8, 4) is 11.1 Å². The summed E-state index contributed by atoms with van der Waals surface area (Å²) in [5.74, 6) is 0.0123. The first kappa shape index (κ1) is 43.6. The maximum absolute atomic E-state index is 13.3. The first-order valence-electron chi connectivity index (χ1n) is 22.2. The summed E-state index contributed by atoms with van der Waals surface area (Å²) in [7, 11) is 0. The predicted octanol–water partition coefficient (Wildman–Crippen LogP) is 7.61. The van der Waals surface area contributed by atoms with Crippen LogP contribution in [-0.2, 0) is 37.0 Å². The van der Waals surface area contributed by atoms with E-state index < -0.39 is 11.8 Å². The fourth-order valence-corrected chi connectivity index (χ4v) is 9.01. The van der Waals surface area contributed by atoms with Crippen LogP contribution in [0.15, 0.2) is 127 Å². The smallest absolute Gasteiger partial charge is 0.247 e. The number of carbonyl (C=O) groups excluding carboxylic acids is 3. The number of hydrogen-bond donors (Lipinski definition) is 5. The van der Waals surface area contributed by atoms with E-state index in [1.807, 2.05) is 66.7 Å². The topological polar surface area (TPSA) is 158 Å². The van der Waals surface area contributed by atoms with E-state index in [2.05, 4.69) is 74.3 Å². The van der Waals surface area contributed by atoms with E-state index in [-0.39, 0.29) is 36.5 Å². The first-order valence-corrected chi connectivity index (χ1v) is 22.2. The summed E-state index contributed by atoms with van der Waals surface area (Å²) >= 11 is 0. The van der Waals surface area contributed by atoms with Crippen LogP contribution in [-0.4, -0.2) is 65.7 Å². The molecule has 3 aliphatic rings. The van der Waals surface area contributed by atoms with Crippen LogP contribution < -0.4 is 26.6 Å². The molecule has 5 aromatic rings. The summed E-state index contributed by atoms with van der Waals surface area (Å²) in [6, 6.07) is 41.8. The Bertz CT molecular complexity index is 2320. The Labute approximate surface area is 369 Å². The van der Waals surface area contributed by atoms with Gasteiger partial charge in [-0.05, 0) is 83.8 Å². The maximum atomic E-state index is 13.3. The molecule has 1 spiro atoms. The molecule has 3 saturated heterocycles. The monoisotopic (exact) mass is 850 g/mol. The number of benzene rings is 5. The van der Waals surface area contributed by atoms with Crippen molar-refractivity contribution in [2.75, 3.05) is 42.3 Å². The van der Waals surface area contributed by atoms with E-state index in [0.717, 1.165) is 78.0 Å². The minimum atomic E-state index is -0.585. The lowest BCUT2D eigenvalue weighted by Gasteiger charge is -2.45. The average Bonchev–Trinajstić information content (AvgIpc) is 3.64. The maximum Gasteiger partial charge on any atom is 0.247 e. The molecule has 0 bridgehead atoms. The summed E-state index contributed by atoms with van der Waals surface area (Å²) in [6.45, 7) is 3.21. The molecule has 0 aliphatic carbocycles. The number of anilines is 3. The van der Waals surface area contributed by atoms with Crippen molar-refractivity contribution in [2.45, 2.75) is 88.6 Å². The lowest BCUT2D eigenvalue weighted by Crippen LogP contribution is -2.57. The summed E-state index contributed by atoms with van der Waals surface area (Å²) in [5, 5.41) is 18.7. The standard InChI is InChI=1S/C51H58N6O6/c52-44-14-7-8-15-45(44)55-48(60)17-6-2-5-16-47(59)53-32-37-10-9-11-41(30-37)38-22-24-40(25-23-38)49-62-43(31-46(63-49)39-20-18-36(34-58)19-21-39)33-56-28-26-51(27-29-56)50(61)54-35-57(51)42-12-3-1-4-13-42/h1,3-4,7-15,18-25,30,43,46,49,58H,2,5-6,16-17,26-29,31-35,52H2,(H,53,59)(H,54,61)(H,55,60)/t43-,46+,49+/m1/s1. The molecule has 328 valence electrons. The van der Waals surface area contributed by atoms with Gasteiger partial charge in [-0.3, -0.25) is 14.4 Å². The molecule has 12 heteroatoms. The van der Waals surface area contributed by atoms with Gasteiger partial charge in [-0.15, -0.1) is 0 Å². The number of likely N-dealkylation sites (tertiary alicyclic amines) is 1. The molecule has 12 nitrogen and oxygen atoms in total. The quantitative estimate of drug-likeness (QED) is 0.0498. The number of nitrogens with zero attached hydrogens (tertiary/aromatic N) is 2. The molecule has 3 atom stereocenters. The Kier molecular flexibility index (Phi) is 14.1. The fraction of sp³-hybridized carbons (Fsp3) is 0.353. The second kappa shape index (κ2) is 20.4. The highest BCUT2D eigenvalue weighted by Gasteiger charge is 2.50. The molecule has 63 heavy (non-hydrogen) atoms. The highest BCUT2D eigenvalue weighted by atomic mass is 16.7. The van der Waals surface area contributed by atoms with Crippen molar-refractivity contribution in [3.63, 3.8) is 0 Å². The van der Waals surface area contributed by atoms with E-state index in [1.54, 1.807) is 12.1 Å². The number of aliphatic hydroxyl groups is 1. The number of para-hydroxylation sites is 3. The van der Waals surface area contributed by atoms with Crippen LogP contribution in [0.25, 0.3) is 11.1 Å². The van der Waals surface area contributed by atoms with Gasteiger partial charge in [0.2, 0.25) is 17.7 Å². The highest BCUT2D eigenvalue weighted by Crippen LogP contribution is 2.40. The molecular weight excluding hydrogens is 793 g/mol. The number of carbonyl (C=O) groups is 3. The number of nitrogens with two attached hydrogens (primary N) is 1. The zero-order chi connectivity index (χ0) is 43.6. The molecule has 3 amide bonds. The van der Waals surface area contributed by atoms with E-state index >= 15 is 0 Å². The Morgan fingerprint density at radius 2 is 1.48 bits per heavy atom. The molecule has 6 N–H and O–H groups in total. The van der Waals surface area contributed by atoms with Gasteiger partial charge in [0.15, 0.2) is 6.29 Å². The van der Waals surface area contributed by atoms with Gasteiger partial charge in [-0.2, -0.15) is 0 Å². The first-order chi connectivity index (χ1) is 30.8. The lowest BCUT2D eigenvalue weighted by atomic mass is 9.85. The molecule has 0 radical (unpaired) electrons. The SMILES string of the molecule is Nc1ccccc1NC(=O)CCCCCC(=O)NCc1cccc(-c2ccc([C@H]3O[C@@H](CN4CCC5(CC4)C(=O)NCN5c4ccccc4)C[C@@H](c4ccc(CO)cc4)O3)cc2)c1.